The number of nitrogens with zero attached hydrogens (tertiary/aromatic N) is 3. The van der Waals surface area contributed by atoms with Gasteiger partial charge in [0.15, 0.2) is 0 Å². The molecule has 0 bridgehead atoms. The van der Waals surface area contributed by atoms with Gasteiger partial charge in [-0.3, -0.25) is 14.2 Å². The van der Waals surface area contributed by atoms with E-state index in [4.69, 9.17) is 14.0 Å². The summed E-state index contributed by atoms with van der Waals surface area (Å²) in [5, 5.41) is 6.07. The van der Waals surface area contributed by atoms with Crippen molar-refractivity contribution < 1.29 is 23.6 Å². The molecule has 3 aromatic rings. The van der Waals surface area contributed by atoms with Crippen LogP contribution in [0.3, 0.4) is 0 Å². The number of esters is 1. The molecule has 3 rings (SSSR count). The molecule has 2 aromatic heterocycles. The van der Waals surface area contributed by atoms with Crippen LogP contribution < -0.4 is 15.6 Å². The number of benzene rings is 1. The number of fused-ring (bicyclic) bond motifs is 1. The summed E-state index contributed by atoms with van der Waals surface area (Å²) in [6.07, 6.45) is 1.15. The van der Waals surface area contributed by atoms with Crippen molar-refractivity contribution in [1.82, 2.24) is 14.7 Å². The Bertz CT molecular complexity index is 1040. The average molecular weight is 372 g/mol. The lowest BCUT2D eigenvalue weighted by Crippen LogP contribution is -2.28. The Labute approximate surface area is 152 Å². The van der Waals surface area contributed by atoms with Crippen LogP contribution in [0, 0.1) is 0 Å². The molecule has 0 atom stereocenters. The fourth-order valence-electron chi connectivity index (χ4n) is 2.36. The molecule has 0 saturated heterocycles. The molecule has 27 heavy (non-hydrogen) atoms. The van der Waals surface area contributed by atoms with Gasteiger partial charge in [-0.1, -0.05) is 5.16 Å². The summed E-state index contributed by atoms with van der Waals surface area (Å²) in [4.78, 5) is 40.6. The van der Waals surface area contributed by atoms with Gasteiger partial charge in [-0.2, -0.15) is 0 Å². The van der Waals surface area contributed by atoms with Crippen molar-refractivity contribution in [3.05, 3.63) is 46.6 Å². The molecule has 0 saturated carbocycles. The summed E-state index contributed by atoms with van der Waals surface area (Å²) < 4.78 is 15.8. The molecule has 0 aliphatic heterocycles. The van der Waals surface area contributed by atoms with E-state index in [0.29, 0.717) is 11.4 Å². The van der Waals surface area contributed by atoms with Gasteiger partial charge in [0, 0.05) is 5.69 Å². The van der Waals surface area contributed by atoms with Gasteiger partial charge < -0.3 is 19.3 Å². The Balaban J connectivity index is 1.82. The minimum Gasteiger partial charge on any atom is -0.497 e. The van der Waals surface area contributed by atoms with Crippen LogP contribution in [-0.2, 0) is 16.1 Å². The van der Waals surface area contributed by atoms with E-state index >= 15 is 0 Å². The SMILES string of the molecule is CCOC(=O)c1noc2ncn(CC(=O)Nc3ccc(OC)cc3)c(=O)c12. The maximum absolute atomic E-state index is 12.6. The van der Waals surface area contributed by atoms with E-state index in [-0.39, 0.29) is 29.9 Å². The zero-order chi connectivity index (χ0) is 19.4. The van der Waals surface area contributed by atoms with Crippen molar-refractivity contribution in [3.8, 4) is 5.75 Å². The largest absolute Gasteiger partial charge is 0.497 e. The highest BCUT2D eigenvalue weighted by molar-refractivity contribution is 5.99. The van der Waals surface area contributed by atoms with Gasteiger partial charge >= 0.3 is 5.97 Å². The summed E-state index contributed by atoms with van der Waals surface area (Å²) in [5.41, 5.74) is -0.460. The molecule has 1 amide bonds. The first-order chi connectivity index (χ1) is 13.0. The number of rotatable bonds is 6. The third-order valence-electron chi connectivity index (χ3n) is 3.62. The van der Waals surface area contributed by atoms with Crippen molar-refractivity contribution in [2.45, 2.75) is 13.5 Å². The Hall–Kier alpha value is -3.69. The lowest BCUT2D eigenvalue weighted by Gasteiger charge is -2.08. The Morgan fingerprint density at radius 3 is 2.67 bits per heavy atom. The molecule has 0 radical (unpaired) electrons. The van der Waals surface area contributed by atoms with Crippen LogP contribution in [0.1, 0.15) is 17.4 Å². The van der Waals surface area contributed by atoms with E-state index in [1.54, 1.807) is 38.3 Å². The number of carbonyl (C=O) groups is 2. The quantitative estimate of drug-likeness (QED) is 0.640. The topological polar surface area (TPSA) is 126 Å². The van der Waals surface area contributed by atoms with Crippen molar-refractivity contribution in [2.75, 3.05) is 19.0 Å². The zero-order valence-corrected chi connectivity index (χ0v) is 14.6. The molecule has 0 aliphatic rings. The van der Waals surface area contributed by atoms with Crippen molar-refractivity contribution >= 4 is 28.7 Å². The van der Waals surface area contributed by atoms with E-state index in [1.807, 2.05) is 0 Å². The molecule has 10 heteroatoms. The smallest absolute Gasteiger partial charge is 0.361 e. The molecule has 0 spiro atoms. The Kier molecular flexibility index (Phi) is 5.15. The van der Waals surface area contributed by atoms with Crippen LogP contribution in [0.25, 0.3) is 11.1 Å². The molecule has 1 aromatic carbocycles. The second-order valence-corrected chi connectivity index (χ2v) is 5.39. The molecule has 140 valence electrons. The first kappa shape index (κ1) is 18.1. The minimum atomic E-state index is -0.796. The van der Waals surface area contributed by atoms with E-state index in [1.165, 1.54) is 0 Å². The van der Waals surface area contributed by atoms with Crippen LogP contribution in [0.5, 0.6) is 5.75 Å². The van der Waals surface area contributed by atoms with Crippen LogP contribution in [0.15, 0.2) is 39.9 Å². The van der Waals surface area contributed by atoms with Gasteiger partial charge in [0.2, 0.25) is 11.6 Å². The third-order valence-corrected chi connectivity index (χ3v) is 3.62. The monoisotopic (exact) mass is 372 g/mol. The lowest BCUT2D eigenvalue weighted by molar-refractivity contribution is -0.116. The van der Waals surface area contributed by atoms with Crippen molar-refractivity contribution in [3.63, 3.8) is 0 Å². The third kappa shape index (κ3) is 3.78. The van der Waals surface area contributed by atoms with Gasteiger partial charge in [-0.25, -0.2) is 9.78 Å². The minimum absolute atomic E-state index is 0.102. The van der Waals surface area contributed by atoms with Crippen LogP contribution in [-0.4, -0.2) is 40.3 Å². The molecule has 2 heterocycles. The highest BCUT2D eigenvalue weighted by Gasteiger charge is 2.22. The molecule has 0 fully saturated rings. The number of hydrogen-bond donors (Lipinski definition) is 1. The highest BCUT2D eigenvalue weighted by Crippen LogP contribution is 2.15. The average Bonchev–Trinajstić information content (AvgIpc) is 3.10. The summed E-state index contributed by atoms with van der Waals surface area (Å²) in [5.74, 6) is -0.592. The summed E-state index contributed by atoms with van der Waals surface area (Å²) in [7, 11) is 1.54. The number of ether oxygens (including phenoxy) is 2. The van der Waals surface area contributed by atoms with E-state index in [2.05, 4.69) is 15.5 Å². The normalized spacial score (nSPS) is 10.6. The summed E-state index contributed by atoms with van der Waals surface area (Å²) >= 11 is 0. The number of hydrogen-bond acceptors (Lipinski definition) is 8. The summed E-state index contributed by atoms with van der Waals surface area (Å²) in [6, 6.07) is 6.72. The number of amides is 1. The van der Waals surface area contributed by atoms with E-state index in [0.717, 1.165) is 10.9 Å². The van der Waals surface area contributed by atoms with Crippen LogP contribution in [0.4, 0.5) is 5.69 Å². The standard InChI is InChI=1S/C17H16N4O6/c1-3-26-17(24)14-13-15(27-20-14)18-9-21(16(13)23)8-12(22)19-10-4-6-11(25-2)7-5-10/h4-7,9H,3,8H2,1-2H3,(H,19,22). The number of methoxy groups -OCH3 is 1. The van der Waals surface area contributed by atoms with Gasteiger partial charge in [0.1, 0.15) is 24.0 Å². The maximum atomic E-state index is 12.6. The Morgan fingerprint density at radius 1 is 1.26 bits per heavy atom. The number of anilines is 1. The molecule has 1 N–H and O–H groups in total. The lowest BCUT2D eigenvalue weighted by atomic mass is 10.3. The second kappa shape index (κ2) is 7.68. The van der Waals surface area contributed by atoms with Gasteiger partial charge in [-0.05, 0) is 31.2 Å². The Morgan fingerprint density at radius 2 is 2.00 bits per heavy atom. The number of aromatic nitrogens is 3. The first-order valence-electron chi connectivity index (χ1n) is 7.99. The van der Waals surface area contributed by atoms with Gasteiger partial charge in [0.05, 0.1) is 13.7 Å². The molecule has 0 aliphatic carbocycles. The molecule has 0 unspecified atom stereocenters. The zero-order valence-electron chi connectivity index (χ0n) is 14.6. The molecule has 10 nitrogen and oxygen atoms in total. The van der Waals surface area contributed by atoms with Gasteiger partial charge in [0.25, 0.3) is 11.3 Å². The number of nitrogens with one attached hydrogen (secondary N) is 1. The van der Waals surface area contributed by atoms with Crippen molar-refractivity contribution in [2.24, 2.45) is 0 Å². The van der Waals surface area contributed by atoms with Gasteiger partial charge in [-0.15, -0.1) is 0 Å². The van der Waals surface area contributed by atoms with Crippen LogP contribution in [0.2, 0.25) is 0 Å². The predicted molar refractivity (Wildman–Crippen MR) is 93.6 cm³/mol. The fourth-order valence-corrected chi connectivity index (χ4v) is 2.36. The highest BCUT2D eigenvalue weighted by atomic mass is 16.5. The summed E-state index contributed by atoms with van der Waals surface area (Å²) in [6.45, 7) is 1.44. The first-order valence-corrected chi connectivity index (χ1v) is 7.99. The van der Waals surface area contributed by atoms with Crippen molar-refractivity contribution in [1.29, 1.82) is 0 Å². The second-order valence-electron chi connectivity index (χ2n) is 5.39. The molecular formula is C17H16N4O6. The maximum Gasteiger partial charge on any atom is 0.361 e. The van der Waals surface area contributed by atoms with E-state index < -0.39 is 17.4 Å². The fraction of sp³-hybridized carbons (Fsp3) is 0.235. The van der Waals surface area contributed by atoms with Crippen LogP contribution >= 0.6 is 0 Å². The molecular weight excluding hydrogens is 356 g/mol. The number of carbonyl (C=O) groups excluding carboxylic acids is 2. The van der Waals surface area contributed by atoms with E-state index in [9.17, 15) is 14.4 Å². The predicted octanol–water partition coefficient (Wildman–Crippen LogP) is 1.21.